The topological polar surface area (TPSA) is 64.4 Å². The summed E-state index contributed by atoms with van der Waals surface area (Å²) in [4.78, 5) is 15.0. The van der Waals surface area contributed by atoms with Crippen molar-refractivity contribution >= 4 is 17.7 Å². The molecule has 0 saturated heterocycles. The minimum atomic E-state index is -0.827. The molecule has 20 heavy (non-hydrogen) atoms. The molecule has 0 aliphatic carbocycles. The van der Waals surface area contributed by atoms with Gasteiger partial charge in [0.1, 0.15) is 0 Å². The molecule has 1 aromatic heterocycles. The lowest BCUT2D eigenvalue weighted by atomic mass is 10.1. The van der Waals surface area contributed by atoms with Crippen LogP contribution in [-0.2, 0) is 16.1 Å². The minimum absolute atomic E-state index is 0.0292. The number of aromatic nitrogens is 2. The fourth-order valence-electron chi connectivity index (χ4n) is 1.77. The van der Waals surface area contributed by atoms with Crippen LogP contribution in [0.3, 0.4) is 0 Å². The molecule has 0 aliphatic rings. The predicted octanol–water partition coefficient (Wildman–Crippen LogP) is 2.86. The van der Waals surface area contributed by atoms with Crippen molar-refractivity contribution in [1.29, 1.82) is 0 Å². The highest BCUT2D eigenvalue weighted by atomic mass is 32.2. The number of rotatable bonds is 9. The Morgan fingerprint density at radius 3 is 2.70 bits per heavy atom. The monoisotopic (exact) mass is 300 g/mol. The van der Waals surface area contributed by atoms with Crippen LogP contribution in [0.2, 0.25) is 0 Å². The van der Waals surface area contributed by atoms with E-state index in [2.05, 4.69) is 37.2 Å². The number of thioether (sulfide) groups is 1. The SMILES string of the molecule is CC(C)COCCn1c(C(C)C)cnc1SCC(=O)O. The maximum absolute atomic E-state index is 10.7. The quantitative estimate of drug-likeness (QED) is 0.561. The summed E-state index contributed by atoms with van der Waals surface area (Å²) in [5.74, 6) is 0.0724. The second-order valence-electron chi connectivity index (χ2n) is 5.42. The number of carboxylic acid groups (broad SMARTS) is 1. The third kappa shape index (κ3) is 5.54. The van der Waals surface area contributed by atoms with Crippen molar-refractivity contribution in [1.82, 2.24) is 9.55 Å². The van der Waals surface area contributed by atoms with Gasteiger partial charge in [0.15, 0.2) is 5.16 Å². The molecule has 1 heterocycles. The summed E-state index contributed by atoms with van der Waals surface area (Å²) in [6, 6.07) is 0. The van der Waals surface area contributed by atoms with Gasteiger partial charge < -0.3 is 14.4 Å². The molecule has 0 radical (unpaired) electrons. The van der Waals surface area contributed by atoms with E-state index < -0.39 is 5.97 Å². The van der Waals surface area contributed by atoms with Crippen LogP contribution in [0.5, 0.6) is 0 Å². The van der Waals surface area contributed by atoms with Gasteiger partial charge in [-0.05, 0) is 11.8 Å². The molecular formula is C14H24N2O3S. The summed E-state index contributed by atoms with van der Waals surface area (Å²) >= 11 is 1.25. The number of hydrogen-bond acceptors (Lipinski definition) is 4. The predicted molar refractivity (Wildman–Crippen MR) is 80.3 cm³/mol. The lowest BCUT2D eigenvalue weighted by Gasteiger charge is -2.14. The molecule has 1 aromatic rings. The molecule has 0 fully saturated rings. The zero-order valence-corrected chi connectivity index (χ0v) is 13.4. The maximum Gasteiger partial charge on any atom is 0.313 e. The Kier molecular flexibility index (Phi) is 7.09. The van der Waals surface area contributed by atoms with Crippen LogP contribution in [0.1, 0.15) is 39.3 Å². The number of hydrogen-bond donors (Lipinski definition) is 1. The third-order valence-corrected chi connectivity index (χ3v) is 3.65. The van der Waals surface area contributed by atoms with Gasteiger partial charge in [-0.2, -0.15) is 0 Å². The lowest BCUT2D eigenvalue weighted by molar-refractivity contribution is -0.133. The number of carbonyl (C=O) groups is 1. The Labute approximate surface area is 124 Å². The van der Waals surface area contributed by atoms with E-state index >= 15 is 0 Å². The summed E-state index contributed by atoms with van der Waals surface area (Å²) in [6.45, 7) is 10.5. The van der Waals surface area contributed by atoms with Gasteiger partial charge >= 0.3 is 5.97 Å². The number of ether oxygens (including phenoxy) is 1. The average molecular weight is 300 g/mol. The van der Waals surface area contributed by atoms with E-state index in [-0.39, 0.29) is 5.75 Å². The van der Waals surface area contributed by atoms with Crippen LogP contribution < -0.4 is 0 Å². The van der Waals surface area contributed by atoms with Crippen molar-refractivity contribution < 1.29 is 14.6 Å². The van der Waals surface area contributed by atoms with Crippen molar-refractivity contribution in [2.24, 2.45) is 5.92 Å². The molecule has 0 aromatic carbocycles. The van der Waals surface area contributed by atoms with E-state index in [9.17, 15) is 4.79 Å². The van der Waals surface area contributed by atoms with Gasteiger partial charge in [0.25, 0.3) is 0 Å². The van der Waals surface area contributed by atoms with Gasteiger partial charge in [-0.15, -0.1) is 0 Å². The molecule has 0 aliphatic heterocycles. The van der Waals surface area contributed by atoms with Gasteiger partial charge in [0, 0.05) is 25.0 Å². The first-order chi connectivity index (χ1) is 9.41. The molecule has 0 saturated carbocycles. The zero-order valence-electron chi connectivity index (χ0n) is 12.6. The molecule has 0 spiro atoms. The molecule has 114 valence electrons. The smallest absolute Gasteiger partial charge is 0.313 e. The summed E-state index contributed by atoms with van der Waals surface area (Å²) in [7, 11) is 0. The van der Waals surface area contributed by atoms with Crippen LogP contribution >= 0.6 is 11.8 Å². The largest absolute Gasteiger partial charge is 0.481 e. The highest BCUT2D eigenvalue weighted by molar-refractivity contribution is 7.99. The number of nitrogens with zero attached hydrogens (tertiary/aromatic N) is 2. The second-order valence-corrected chi connectivity index (χ2v) is 6.37. The molecule has 0 atom stereocenters. The lowest BCUT2D eigenvalue weighted by Crippen LogP contribution is -2.13. The van der Waals surface area contributed by atoms with Gasteiger partial charge in [0.2, 0.25) is 0 Å². The molecular weight excluding hydrogens is 276 g/mol. The van der Waals surface area contributed by atoms with Crippen molar-refractivity contribution in [3.05, 3.63) is 11.9 Å². The van der Waals surface area contributed by atoms with Gasteiger partial charge in [0.05, 0.1) is 12.4 Å². The fourth-order valence-corrected chi connectivity index (χ4v) is 2.51. The standard InChI is InChI=1S/C14H24N2O3S/c1-10(2)8-19-6-5-16-12(11(3)4)7-15-14(16)20-9-13(17)18/h7,10-11H,5-6,8-9H2,1-4H3,(H,17,18). The van der Waals surface area contributed by atoms with E-state index in [1.807, 2.05) is 6.20 Å². The van der Waals surface area contributed by atoms with E-state index in [1.165, 1.54) is 11.8 Å². The van der Waals surface area contributed by atoms with Crippen LogP contribution in [-0.4, -0.2) is 39.6 Å². The Bertz CT molecular complexity index is 430. The summed E-state index contributed by atoms with van der Waals surface area (Å²) in [6.07, 6.45) is 1.83. The third-order valence-electron chi connectivity index (χ3n) is 2.68. The van der Waals surface area contributed by atoms with E-state index in [0.717, 1.165) is 17.5 Å². The van der Waals surface area contributed by atoms with Crippen molar-refractivity contribution in [3.63, 3.8) is 0 Å². The molecule has 0 unspecified atom stereocenters. The molecule has 0 amide bonds. The first-order valence-corrected chi connectivity index (χ1v) is 7.88. The molecule has 5 nitrogen and oxygen atoms in total. The Hall–Kier alpha value is -1.01. The number of imidazole rings is 1. The highest BCUT2D eigenvalue weighted by Gasteiger charge is 2.14. The van der Waals surface area contributed by atoms with Crippen molar-refractivity contribution in [3.8, 4) is 0 Å². The van der Waals surface area contributed by atoms with Gasteiger partial charge in [-0.1, -0.05) is 39.5 Å². The van der Waals surface area contributed by atoms with Crippen molar-refractivity contribution in [2.75, 3.05) is 19.0 Å². The summed E-state index contributed by atoms with van der Waals surface area (Å²) in [5.41, 5.74) is 1.12. The van der Waals surface area contributed by atoms with Crippen LogP contribution in [0.4, 0.5) is 0 Å². The van der Waals surface area contributed by atoms with Crippen molar-refractivity contribution in [2.45, 2.75) is 45.3 Å². The Morgan fingerprint density at radius 2 is 2.15 bits per heavy atom. The summed E-state index contributed by atoms with van der Waals surface area (Å²) < 4.78 is 7.68. The van der Waals surface area contributed by atoms with Crippen LogP contribution in [0, 0.1) is 5.92 Å². The molecule has 1 rings (SSSR count). The molecule has 1 N–H and O–H groups in total. The Morgan fingerprint density at radius 1 is 1.45 bits per heavy atom. The minimum Gasteiger partial charge on any atom is -0.481 e. The fraction of sp³-hybridized carbons (Fsp3) is 0.714. The van der Waals surface area contributed by atoms with E-state index in [4.69, 9.17) is 9.84 Å². The Balaban J connectivity index is 2.67. The molecule has 6 heteroatoms. The van der Waals surface area contributed by atoms with Crippen LogP contribution in [0.15, 0.2) is 11.4 Å². The number of carboxylic acids is 1. The summed E-state index contributed by atoms with van der Waals surface area (Å²) in [5, 5.41) is 9.53. The molecule has 0 bridgehead atoms. The first-order valence-electron chi connectivity index (χ1n) is 6.89. The normalized spacial score (nSPS) is 11.5. The number of aliphatic carboxylic acids is 1. The van der Waals surface area contributed by atoms with Gasteiger partial charge in [-0.3, -0.25) is 4.79 Å². The van der Waals surface area contributed by atoms with E-state index in [1.54, 1.807) is 0 Å². The highest BCUT2D eigenvalue weighted by Crippen LogP contribution is 2.23. The van der Waals surface area contributed by atoms with Crippen LogP contribution in [0.25, 0.3) is 0 Å². The maximum atomic E-state index is 10.7. The zero-order chi connectivity index (χ0) is 15.1. The van der Waals surface area contributed by atoms with E-state index in [0.29, 0.717) is 25.0 Å². The first kappa shape index (κ1) is 17.0. The van der Waals surface area contributed by atoms with Gasteiger partial charge in [-0.25, -0.2) is 4.98 Å². The second kappa shape index (κ2) is 8.32. The average Bonchev–Trinajstić information content (AvgIpc) is 2.75.